The number of benzene rings is 1. The number of hydrogen-bond acceptors (Lipinski definition) is 3. The van der Waals surface area contributed by atoms with Gasteiger partial charge in [-0.05, 0) is 32.0 Å². The van der Waals surface area contributed by atoms with Gasteiger partial charge in [-0.15, -0.1) is 0 Å². The third-order valence-corrected chi connectivity index (χ3v) is 4.37. The molecule has 2 N–H and O–H groups in total. The van der Waals surface area contributed by atoms with Gasteiger partial charge in [-0.2, -0.15) is 5.10 Å². The lowest BCUT2D eigenvalue weighted by Crippen LogP contribution is -2.31. The van der Waals surface area contributed by atoms with Gasteiger partial charge in [0.2, 0.25) is 0 Å². The smallest absolute Gasteiger partial charge is 0.120 e. The molecule has 0 amide bonds. The van der Waals surface area contributed by atoms with Gasteiger partial charge >= 0.3 is 0 Å². The molecule has 0 unspecified atom stereocenters. The average Bonchev–Trinajstić information content (AvgIpc) is 3.15. The lowest BCUT2D eigenvalue weighted by molar-refractivity contribution is -0.0388. The molecule has 128 valence electrons. The van der Waals surface area contributed by atoms with Crippen molar-refractivity contribution < 1.29 is 9.84 Å². The summed E-state index contributed by atoms with van der Waals surface area (Å²) in [5.41, 5.74) is 3.26. The van der Waals surface area contributed by atoms with Crippen LogP contribution in [0.4, 0.5) is 0 Å². The van der Waals surface area contributed by atoms with Crippen LogP contribution in [0.15, 0.2) is 36.8 Å². The molecule has 0 spiro atoms. The molecule has 1 aliphatic rings. The molecule has 3 aromatic rings. The maximum Gasteiger partial charge on any atom is 0.120 e. The molecule has 5 nitrogen and oxygen atoms in total. The van der Waals surface area contributed by atoms with E-state index >= 15 is 0 Å². The van der Waals surface area contributed by atoms with Crippen LogP contribution >= 0.6 is 0 Å². The fourth-order valence-corrected chi connectivity index (χ4v) is 3.05. The largest absolute Gasteiger partial charge is 0.381 e. The Labute approximate surface area is 146 Å². The number of aliphatic hydroxyl groups is 1. The first kappa shape index (κ1) is 15.9. The normalized spacial score (nSPS) is 15.0. The maximum atomic E-state index is 9.83. The van der Waals surface area contributed by atoms with E-state index in [-0.39, 0.29) is 0 Å². The number of rotatable bonds is 3. The number of nitrogens with zero attached hydrogens (tertiary/aromatic N) is 2. The van der Waals surface area contributed by atoms with Crippen LogP contribution in [-0.4, -0.2) is 38.7 Å². The van der Waals surface area contributed by atoms with Crippen molar-refractivity contribution >= 4 is 10.9 Å². The van der Waals surface area contributed by atoms with Crippen molar-refractivity contribution in [2.75, 3.05) is 13.2 Å². The molecule has 1 saturated heterocycles. The van der Waals surface area contributed by atoms with Gasteiger partial charge in [0, 0.05) is 52.4 Å². The Morgan fingerprint density at radius 3 is 2.88 bits per heavy atom. The fourth-order valence-electron chi connectivity index (χ4n) is 3.05. The van der Waals surface area contributed by atoms with Crippen molar-refractivity contribution in [2.24, 2.45) is 5.92 Å². The van der Waals surface area contributed by atoms with E-state index in [1.807, 2.05) is 18.5 Å². The molecule has 0 bridgehead atoms. The van der Waals surface area contributed by atoms with Crippen molar-refractivity contribution in [3.05, 3.63) is 42.4 Å². The molecule has 3 heterocycles. The molecule has 1 fully saturated rings. The monoisotopic (exact) mass is 335 g/mol. The van der Waals surface area contributed by atoms with Crippen molar-refractivity contribution in [1.29, 1.82) is 0 Å². The highest BCUT2D eigenvalue weighted by Crippen LogP contribution is 2.32. The minimum atomic E-state index is -1.00. The molecule has 0 atom stereocenters. The standard InChI is InChI=1S/C20H21N3O2/c1-20(2,24)6-5-14-3-4-19-17(7-14)18(16-8-21-22-9-16)11-23(19)10-15-12-25-13-15/h3-4,7-9,11,15,24H,10,12-13H2,1-2H3,(H,21,22). The van der Waals surface area contributed by atoms with Gasteiger partial charge in [-0.3, -0.25) is 5.10 Å². The predicted molar refractivity (Wildman–Crippen MR) is 97.0 cm³/mol. The molecule has 0 saturated carbocycles. The van der Waals surface area contributed by atoms with Gasteiger partial charge in [0.05, 0.1) is 19.4 Å². The average molecular weight is 335 g/mol. The van der Waals surface area contributed by atoms with Gasteiger partial charge in [-0.1, -0.05) is 11.8 Å². The summed E-state index contributed by atoms with van der Waals surface area (Å²) < 4.78 is 7.60. The van der Waals surface area contributed by atoms with Crippen LogP contribution in [0.2, 0.25) is 0 Å². The van der Waals surface area contributed by atoms with Crippen LogP contribution in [0.5, 0.6) is 0 Å². The fraction of sp³-hybridized carbons (Fsp3) is 0.350. The van der Waals surface area contributed by atoms with Crippen LogP contribution in [-0.2, 0) is 11.3 Å². The Morgan fingerprint density at radius 1 is 1.40 bits per heavy atom. The number of nitrogens with one attached hydrogen (secondary N) is 1. The van der Waals surface area contributed by atoms with Gasteiger partial charge in [0.25, 0.3) is 0 Å². The summed E-state index contributed by atoms with van der Waals surface area (Å²) in [6.45, 7) is 5.98. The second-order valence-corrected chi connectivity index (χ2v) is 7.13. The minimum Gasteiger partial charge on any atom is -0.381 e. The summed E-state index contributed by atoms with van der Waals surface area (Å²) in [6, 6.07) is 6.20. The molecule has 0 radical (unpaired) electrons. The first-order chi connectivity index (χ1) is 12.0. The number of fused-ring (bicyclic) bond motifs is 1. The van der Waals surface area contributed by atoms with E-state index in [0.29, 0.717) is 5.92 Å². The Morgan fingerprint density at radius 2 is 2.24 bits per heavy atom. The van der Waals surface area contributed by atoms with Gasteiger partial charge in [0.15, 0.2) is 0 Å². The van der Waals surface area contributed by atoms with E-state index in [0.717, 1.165) is 41.8 Å². The van der Waals surface area contributed by atoms with E-state index in [1.54, 1.807) is 13.8 Å². The van der Waals surface area contributed by atoms with Crippen LogP contribution in [0.25, 0.3) is 22.0 Å². The second kappa shape index (κ2) is 6.07. The third-order valence-electron chi connectivity index (χ3n) is 4.37. The Hall–Kier alpha value is -2.55. The Bertz CT molecular complexity index is 949. The first-order valence-corrected chi connectivity index (χ1v) is 8.45. The number of ether oxygens (including phenoxy) is 1. The van der Waals surface area contributed by atoms with Gasteiger partial charge in [-0.25, -0.2) is 0 Å². The summed E-state index contributed by atoms with van der Waals surface area (Å²) in [5.74, 6) is 6.52. The summed E-state index contributed by atoms with van der Waals surface area (Å²) in [4.78, 5) is 0. The molecule has 5 heteroatoms. The topological polar surface area (TPSA) is 63.1 Å². The van der Waals surface area contributed by atoms with Crippen LogP contribution in [0.1, 0.15) is 19.4 Å². The molecule has 1 aliphatic heterocycles. The quantitative estimate of drug-likeness (QED) is 0.724. The number of hydrogen-bond donors (Lipinski definition) is 2. The molecule has 1 aromatic carbocycles. The van der Waals surface area contributed by atoms with E-state index in [4.69, 9.17) is 4.74 Å². The van der Waals surface area contributed by atoms with Gasteiger partial charge < -0.3 is 14.4 Å². The highest BCUT2D eigenvalue weighted by Gasteiger charge is 2.21. The van der Waals surface area contributed by atoms with Crippen molar-refractivity contribution in [2.45, 2.75) is 26.0 Å². The lowest BCUT2D eigenvalue weighted by Gasteiger charge is -2.26. The van der Waals surface area contributed by atoms with Crippen molar-refractivity contribution in [3.63, 3.8) is 0 Å². The number of H-pyrrole nitrogens is 1. The first-order valence-electron chi connectivity index (χ1n) is 8.45. The highest BCUT2D eigenvalue weighted by atomic mass is 16.5. The number of aromatic nitrogens is 3. The van der Waals surface area contributed by atoms with E-state index in [2.05, 4.69) is 44.9 Å². The lowest BCUT2D eigenvalue weighted by atomic mass is 10.0. The summed E-state index contributed by atoms with van der Waals surface area (Å²) in [5, 5.41) is 17.9. The summed E-state index contributed by atoms with van der Waals surface area (Å²) >= 11 is 0. The number of aromatic amines is 1. The van der Waals surface area contributed by atoms with E-state index in [9.17, 15) is 5.11 Å². The second-order valence-electron chi connectivity index (χ2n) is 7.13. The Kier molecular flexibility index (Phi) is 3.87. The summed E-state index contributed by atoms with van der Waals surface area (Å²) in [7, 11) is 0. The zero-order valence-corrected chi connectivity index (χ0v) is 14.4. The maximum absolute atomic E-state index is 9.83. The zero-order valence-electron chi connectivity index (χ0n) is 14.4. The van der Waals surface area contributed by atoms with E-state index < -0.39 is 5.60 Å². The van der Waals surface area contributed by atoms with E-state index in [1.165, 1.54) is 5.52 Å². The molecule has 25 heavy (non-hydrogen) atoms. The minimum absolute atomic E-state index is 0.572. The van der Waals surface area contributed by atoms with Crippen LogP contribution in [0, 0.1) is 17.8 Å². The molecule has 2 aromatic heterocycles. The predicted octanol–water partition coefficient (Wildman–Crippen LogP) is 2.80. The molecule has 4 rings (SSSR count). The zero-order chi connectivity index (χ0) is 17.4. The van der Waals surface area contributed by atoms with Crippen molar-refractivity contribution in [1.82, 2.24) is 14.8 Å². The van der Waals surface area contributed by atoms with Crippen molar-refractivity contribution in [3.8, 4) is 23.0 Å². The highest BCUT2D eigenvalue weighted by molar-refractivity contribution is 5.96. The van der Waals surface area contributed by atoms with Crippen LogP contribution < -0.4 is 0 Å². The van der Waals surface area contributed by atoms with Crippen LogP contribution in [0.3, 0.4) is 0 Å². The molecule has 0 aliphatic carbocycles. The summed E-state index contributed by atoms with van der Waals surface area (Å²) in [6.07, 6.45) is 5.92. The molecular weight excluding hydrogens is 314 g/mol. The SMILES string of the molecule is CC(C)(O)C#Cc1ccc2c(c1)c(-c1cn[nH]c1)cn2CC1COC1. The van der Waals surface area contributed by atoms with Gasteiger partial charge in [0.1, 0.15) is 5.60 Å². The Balaban J connectivity index is 1.81. The third kappa shape index (κ3) is 3.32. The molecular formula is C20H21N3O2.